The molecule has 28 heteroatoms. The summed E-state index contributed by atoms with van der Waals surface area (Å²) in [5.41, 5.74) is -3.75. The van der Waals surface area contributed by atoms with Crippen LogP contribution in [-0.2, 0) is 37.8 Å². The monoisotopic (exact) mass is 1110 g/mol. The summed E-state index contributed by atoms with van der Waals surface area (Å²) in [6, 6.07) is 12.7. The van der Waals surface area contributed by atoms with Gasteiger partial charge in [0.1, 0.15) is 0 Å². The number of rotatable bonds is 10. The number of benzene rings is 2. The number of aromatic nitrogens is 8. The first-order valence-electron chi connectivity index (χ1n) is 20.7. The first-order chi connectivity index (χ1) is 34.7. The predicted molar refractivity (Wildman–Crippen MR) is 245 cm³/mol. The molecule has 0 aliphatic carbocycles. The molecule has 0 atom stereocenters. The second kappa shape index (κ2) is 23.3. The zero-order valence-electron chi connectivity index (χ0n) is 37.1. The van der Waals surface area contributed by atoms with Gasteiger partial charge in [0.25, 0.3) is 11.8 Å². The lowest BCUT2D eigenvalue weighted by Crippen LogP contribution is -2.29. The quantitative estimate of drug-likeness (QED) is 0.0759. The molecule has 6 aromatic heterocycles. The molecule has 0 spiro atoms. The fraction of sp³-hybridized carbons (Fsp3) is 0.130. The van der Waals surface area contributed by atoms with Crippen LogP contribution in [0.25, 0.3) is 11.1 Å². The van der Waals surface area contributed by atoms with Gasteiger partial charge in [-0.2, -0.15) is 62.9 Å². The van der Waals surface area contributed by atoms with Gasteiger partial charge in [0.15, 0.2) is 0 Å². The molecular weight excluding hydrogens is 1080 g/mol. The molecule has 2 amide bonds. The molecule has 384 valence electrons. The summed E-state index contributed by atoms with van der Waals surface area (Å²) in [5.74, 6) is -1.05. The van der Waals surface area contributed by atoms with E-state index in [-0.39, 0.29) is 34.6 Å². The number of halogens is 13. The van der Waals surface area contributed by atoms with E-state index in [2.05, 4.69) is 56.7 Å². The first-order valence-corrected chi connectivity index (χ1v) is 21.5. The minimum absolute atomic E-state index is 0.0712. The standard InChI is InChI=1S/C23H15F6N5O.C18H11BrF6N4O.C5H6BNO2/c24-22(25,26)18-4-3-15(20(7-18)23(27,28)29)12-34-13-19(11-32-34)33-21(35)17-6-16(9-31-10-17)14-2-1-5-30-8-14;19-13-3-11(5-26-6-13)16(30)28-14-7-27-29(9-14)8-10-1-2-12(17(20,21)22)4-15(10)18(23,24)25;8-6(9)5-2-1-3-7-4-5/h1-11,13H,12H2,(H,33,35);1-7,9H,8H2,(H,28,30);1-4,8-9H. The topological polar surface area (TPSA) is 186 Å². The van der Waals surface area contributed by atoms with Crippen molar-refractivity contribution in [3.63, 3.8) is 0 Å². The summed E-state index contributed by atoms with van der Waals surface area (Å²) >= 11 is 3.18. The van der Waals surface area contributed by atoms with Crippen molar-refractivity contribution in [1.82, 2.24) is 39.5 Å². The van der Waals surface area contributed by atoms with Crippen LogP contribution in [0.2, 0.25) is 0 Å². The Kier molecular flexibility index (Phi) is 17.4. The zero-order chi connectivity index (χ0) is 54.0. The Hall–Kier alpha value is -7.98. The van der Waals surface area contributed by atoms with Crippen LogP contribution in [-0.4, -0.2) is 68.5 Å². The Morgan fingerprint density at radius 3 is 1.39 bits per heavy atom. The molecule has 0 aliphatic rings. The van der Waals surface area contributed by atoms with E-state index in [0.717, 1.165) is 27.1 Å². The lowest BCUT2D eigenvalue weighted by Gasteiger charge is -2.16. The number of nitrogens with zero attached hydrogens (tertiary/aromatic N) is 8. The average Bonchev–Trinajstić information content (AvgIpc) is 3.99. The molecule has 74 heavy (non-hydrogen) atoms. The Labute approximate surface area is 418 Å². The normalized spacial score (nSPS) is 11.7. The number of alkyl halides is 12. The van der Waals surface area contributed by atoms with Crippen LogP contribution in [0.4, 0.5) is 64.1 Å². The molecule has 0 unspecified atom stereocenters. The predicted octanol–water partition coefficient (Wildman–Crippen LogP) is 9.82. The van der Waals surface area contributed by atoms with Gasteiger partial charge in [-0.3, -0.25) is 38.9 Å². The summed E-state index contributed by atoms with van der Waals surface area (Å²) in [4.78, 5) is 40.4. The van der Waals surface area contributed by atoms with E-state index in [0.29, 0.717) is 27.6 Å². The number of hydrogen-bond acceptors (Lipinski definition) is 10. The molecular formula is C46H32BBrF12N10O4. The number of carbonyl (C=O) groups is 2. The van der Waals surface area contributed by atoms with Crippen molar-refractivity contribution in [1.29, 1.82) is 0 Å². The largest absolute Gasteiger partial charge is 0.490 e. The van der Waals surface area contributed by atoms with Gasteiger partial charge in [0.05, 0.1) is 70.2 Å². The summed E-state index contributed by atoms with van der Waals surface area (Å²) < 4.78 is 160. The van der Waals surface area contributed by atoms with Crippen LogP contribution in [0.1, 0.15) is 54.1 Å². The second-order valence-corrected chi connectivity index (χ2v) is 16.2. The molecule has 2 aromatic carbocycles. The average molecular weight is 1110 g/mol. The Bertz CT molecular complexity index is 3190. The third kappa shape index (κ3) is 15.5. The van der Waals surface area contributed by atoms with Crippen LogP contribution in [0.5, 0.6) is 0 Å². The molecule has 0 saturated heterocycles. The Balaban J connectivity index is 0.000000208. The lowest BCUT2D eigenvalue weighted by molar-refractivity contribution is -0.145. The zero-order valence-corrected chi connectivity index (χ0v) is 38.6. The molecule has 8 aromatic rings. The van der Waals surface area contributed by atoms with Crippen molar-refractivity contribution in [3.8, 4) is 11.1 Å². The summed E-state index contributed by atoms with van der Waals surface area (Å²) in [7, 11) is -1.40. The molecule has 6 heterocycles. The van der Waals surface area contributed by atoms with E-state index in [1.807, 2.05) is 0 Å². The van der Waals surface area contributed by atoms with Crippen LogP contribution in [0.15, 0.2) is 152 Å². The molecule has 0 fully saturated rings. The molecule has 0 aliphatic heterocycles. The summed E-state index contributed by atoms with van der Waals surface area (Å²) in [6.07, 6.45) is -2.91. The number of pyridine rings is 4. The maximum atomic E-state index is 13.4. The van der Waals surface area contributed by atoms with Crippen molar-refractivity contribution < 1.29 is 72.3 Å². The van der Waals surface area contributed by atoms with Gasteiger partial charge >= 0.3 is 31.8 Å². The summed E-state index contributed by atoms with van der Waals surface area (Å²) in [6.45, 7) is -0.901. The fourth-order valence-corrected chi connectivity index (χ4v) is 6.78. The van der Waals surface area contributed by atoms with E-state index in [1.54, 1.807) is 55.1 Å². The number of nitrogens with one attached hydrogen (secondary N) is 2. The van der Waals surface area contributed by atoms with Crippen LogP contribution < -0.4 is 16.1 Å². The molecule has 0 saturated carbocycles. The van der Waals surface area contributed by atoms with Crippen molar-refractivity contribution in [3.05, 3.63) is 196 Å². The van der Waals surface area contributed by atoms with E-state index in [1.165, 1.54) is 55.6 Å². The lowest BCUT2D eigenvalue weighted by atomic mass is 9.82. The third-order valence-corrected chi connectivity index (χ3v) is 10.3. The van der Waals surface area contributed by atoms with E-state index in [4.69, 9.17) is 10.0 Å². The maximum Gasteiger partial charge on any atom is 0.490 e. The number of hydrogen-bond donors (Lipinski definition) is 4. The summed E-state index contributed by atoms with van der Waals surface area (Å²) in [5, 5.41) is 29.9. The van der Waals surface area contributed by atoms with Gasteiger partial charge in [-0.1, -0.05) is 24.3 Å². The van der Waals surface area contributed by atoms with Gasteiger partial charge in [-0.15, -0.1) is 0 Å². The number of anilines is 2. The van der Waals surface area contributed by atoms with Gasteiger partial charge in [-0.25, -0.2) is 0 Å². The van der Waals surface area contributed by atoms with Crippen LogP contribution in [0.3, 0.4) is 0 Å². The molecule has 0 radical (unpaired) electrons. The van der Waals surface area contributed by atoms with Crippen molar-refractivity contribution in [2.45, 2.75) is 37.8 Å². The highest BCUT2D eigenvalue weighted by atomic mass is 79.9. The van der Waals surface area contributed by atoms with Crippen molar-refractivity contribution in [2.75, 3.05) is 10.6 Å². The van der Waals surface area contributed by atoms with Gasteiger partial charge in [-0.05, 0) is 75.6 Å². The second-order valence-electron chi connectivity index (χ2n) is 15.3. The third-order valence-electron chi connectivity index (χ3n) is 9.88. The highest BCUT2D eigenvalue weighted by Gasteiger charge is 2.39. The molecule has 14 nitrogen and oxygen atoms in total. The Morgan fingerprint density at radius 1 is 0.527 bits per heavy atom. The minimum Gasteiger partial charge on any atom is -0.423 e. The molecule has 4 N–H and O–H groups in total. The van der Waals surface area contributed by atoms with E-state index in [9.17, 15) is 62.3 Å². The first kappa shape index (κ1) is 55.3. The van der Waals surface area contributed by atoms with E-state index < -0.39 is 90.1 Å². The minimum atomic E-state index is -4.99. The molecule has 8 rings (SSSR count). The van der Waals surface area contributed by atoms with Gasteiger partial charge < -0.3 is 20.7 Å². The van der Waals surface area contributed by atoms with Crippen LogP contribution >= 0.6 is 15.9 Å². The van der Waals surface area contributed by atoms with Crippen molar-refractivity contribution in [2.24, 2.45) is 0 Å². The van der Waals surface area contributed by atoms with Crippen molar-refractivity contribution >= 4 is 51.7 Å². The highest BCUT2D eigenvalue weighted by molar-refractivity contribution is 9.10. The smallest absolute Gasteiger partial charge is 0.423 e. The molecule has 0 bridgehead atoms. The maximum absolute atomic E-state index is 13.4. The number of amides is 2. The van der Waals surface area contributed by atoms with Gasteiger partial charge in [0.2, 0.25) is 0 Å². The fourth-order valence-electron chi connectivity index (χ4n) is 6.41. The number of carbonyl (C=O) groups excluding carboxylic acids is 2. The van der Waals surface area contributed by atoms with E-state index >= 15 is 0 Å². The highest BCUT2D eigenvalue weighted by Crippen LogP contribution is 2.39. The van der Waals surface area contributed by atoms with Gasteiger partial charge in [0, 0.05) is 83.0 Å². The SMILES string of the molecule is O=C(Nc1cnn(Cc2ccc(C(F)(F)F)cc2C(F)(F)F)c1)c1cncc(-c2cccnc2)c1.O=C(Nc1cnn(Cc2ccc(C(F)(F)F)cc2C(F)(F)F)c1)c1cncc(Br)c1.OB(O)c1cccnc1. The van der Waals surface area contributed by atoms with Crippen LogP contribution in [0, 0.1) is 0 Å². The Morgan fingerprint density at radius 2 is 0.986 bits per heavy atom.